The van der Waals surface area contributed by atoms with Crippen molar-refractivity contribution in [3.05, 3.63) is 0 Å². The maximum Gasteiger partial charge on any atom is 0.281 e. The molecule has 0 aromatic heterocycles. The number of rotatable bonds is 7. The van der Waals surface area contributed by atoms with E-state index in [2.05, 4.69) is 5.32 Å². The molecule has 1 saturated heterocycles. The second-order valence-electron chi connectivity index (χ2n) is 5.75. The highest BCUT2D eigenvalue weighted by Crippen LogP contribution is 2.18. The Kier molecular flexibility index (Phi) is 5.74. The molecule has 0 atom stereocenters. The first kappa shape index (κ1) is 17.1. The van der Waals surface area contributed by atoms with Gasteiger partial charge >= 0.3 is 0 Å². The fraction of sp³-hybridized carbons (Fsp3) is 0.846. The fourth-order valence-electron chi connectivity index (χ4n) is 2.34. The summed E-state index contributed by atoms with van der Waals surface area (Å²) < 4.78 is 27.3. The highest BCUT2D eigenvalue weighted by atomic mass is 32.2. The van der Waals surface area contributed by atoms with Gasteiger partial charge in [0, 0.05) is 52.2 Å². The SMILES string of the molecule is CN(CCC#N)S(=O)(=O)N1CCN(CC(=O)NC2CC2)CC1. The van der Waals surface area contributed by atoms with Crippen LogP contribution in [0.25, 0.3) is 0 Å². The Labute approximate surface area is 131 Å². The predicted molar refractivity (Wildman–Crippen MR) is 81.0 cm³/mol. The van der Waals surface area contributed by atoms with E-state index < -0.39 is 10.2 Å². The van der Waals surface area contributed by atoms with E-state index in [1.54, 1.807) is 0 Å². The molecule has 0 spiro atoms. The Morgan fingerprint density at radius 1 is 1.32 bits per heavy atom. The van der Waals surface area contributed by atoms with Crippen LogP contribution in [0.1, 0.15) is 19.3 Å². The van der Waals surface area contributed by atoms with Crippen molar-refractivity contribution in [2.24, 2.45) is 0 Å². The number of hydrogen-bond acceptors (Lipinski definition) is 5. The quantitative estimate of drug-likeness (QED) is 0.644. The normalized spacial score (nSPS) is 20.8. The lowest BCUT2D eigenvalue weighted by atomic mass is 10.3. The predicted octanol–water partition coefficient (Wildman–Crippen LogP) is -1.03. The minimum Gasteiger partial charge on any atom is -0.352 e. The van der Waals surface area contributed by atoms with E-state index in [1.165, 1.54) is 15.7 Å². The fourth-order valence-corrected chi connectivity index (χ4v) is 3.68. The second-order valence-corrected chi connectivity index (χ2v) is 7.79. The number of nitriles is 1. The second kappa shape index (κ2) is 7.37. The number of carbonyl (C=O) groups is 1. The lowest BCUT2D eigenvalue weighted by molar-refractivity contribution is -0.122. The van der Waals surface area contributed by atoms with Crippen LogP contribution in [0.3, 0.4) is 0 Å². The molecule has 8 nitrogen and oxygen atoms in total. The van der Waals surface area contributed by atoms with Crippen molar-refractivity contribution in [3.63, 3.8) is 0 Å². The van der Waals surface area contributed by atoms with Crippen LogP contribution in [0, 0.1) is 11.3 Å². The van der Waals surface area contributed by atoms with Crippen LogP contribution in [0.15, 0.2) is 0 Å². The third kappa shape index (κ3) is 4.64. The standard InChI is InChI=1S/C13H23N5O3S/c1-16(6-2-5-14)22(20,21)18-9-7-17(8-10-18)11-13(19)15-12-3-4-12/h12H,2-4,6-11H2,1H3,(H,15,19). The van der Waals surface area contributed by atoms with Crippen molar-refractivity contribution in [2.75, 3.05) is 46.3 Å². The smallest absolute Gasteiger partial charge is 0.281 e. The van der Waals surface area contributed by atoms with Gasteiger partial charge in [-0.05, 0) is 12.8 Å². The number of nitrogens with one attached hydrogen (secondary N) is 1. The molecule has 0 bridgehead atoms. The molecule has 124 valence electrons. The molecule has 1 amide bonds. The average molecular weight is 329 g/mol. The van der Waals surface area contributed by atoms with Crippen molar-refractivity contribution >= 4 is 16.1 Å². The van der Waals surface area contributed by atoms with E-state index in [1.807, 2.05) is 11.0 Å². The lowest BCUT2D eigenvalue weighted by Gasteiger charge is -2.35. The summed E-state index contributed by atoms with van der Waals surface area (Å²) in [5.41, 5.74) is 0. The Morgan fingerprint density at radius 2 is 1.95 bits per heavy atom. The molecule has 0 radical (unpaired) electrons. The molecule has 1 saturated carbocycles. The van der Waals surface area contributed by atoms with Crippen LogP contribution in [0.4, 0.5) is 0 Å². The molecule has 0 unspecified atom stereocenters. The third-order valence-corrected chi connectivity index (χ3v) is 5.89. The molecule has 1 aliphatic heterocycles. The number of carbonyl (C=O) groups excluding carboxylic acids is 1. The first-order chi connectivity index (χ1) is 10.4. The highest BCUT2D eigenvalue weighted by Gasteiger charge is 2.31. The largest absolute Gasteiger partial charge is 0.352 e. The lowest BCUT2D eigenvalue weighted by Crippen LogP contribution is -2.54. The summed E-state index contributed by atoms with van der Waals surface area (Å²) in [6.45, 7) is 2.36. The van der Waals surface area contributed by atoms with Crippen LogP contribution in [0.2, 0.25) is 0 Å². The van der Waals surface area contributed by atoms with Crippen LogP contribution in [-0.2, 0) is 15.0 Å². The molecule has 2 rings (SSSR count). The van der Waals surface area contributed by atoms with E-state index in [-0.39, 0.29) is 18.9 Å². The summed E-state index contributed by atoms with van der Waals surface area (Å²) in [6, 6.07) is 2.30. The molecule has 1 N–H and O–H groups in total. The van der Waals surface area contributed by atoms with Gasteiger partial charge in [-0.2, -0.15) is 22.3 Å². The monoisotopic (exact) mass is 329 g/mol. The van der Waals surface area contributed by atoms with E-state index in [4.69, 9.17) is 5.26 Å². The van der Waals surface area contributed by atoms with E-state index in [0.29, 0.717) is 38.8 Å². The number of hydrogen-bond donors (Lipinski definition) is 1. The highest BCUT2D eigenvalue weighted by molar-refractivity contribution is 7.86. The summed E-state index contributed by atoms with van der Waals surface area (Å²) in [6.07, 6.45) is 2.30. The Bertz CT molecular complexity index is 532. The Balaban J connectivity index is 1.78. The van der Waals surface area contributed by atoms with Crippen LogP contribution >= 0.6 is 0 Å². The molecule has 0 aromatic rings. The molecule has 2 fully saturated rings. The average Bonchev–Trinajstić information content (AvgIpc) is 3.29. The molecule has 1 heterocycles. The minimum absolute atomic E-state index is 0.0185. The Hall–Kier alpha value is -1.21. The molecule has 1 aliphatic carbocycles. The summed E-state index contributed by atoms with van der Waals surface area (Å²) in [4.78, 5) is 13.7. The molecular weight excluding hydrogens is 306 g/mol. The van der Waals surface area contributed by atoms with Crippen molar-refractivity contribution in [1.82, 2.24) is 18.8 Å². The van der Waals surface area contributed by atoms with Gasteiger partial charge in [0.25, 0.3) is 10.2 Å². The zero-order valence-electron chi connectivity index (χ0n) is 12.9. The molecule has 2 aliphatic rings. The summed E-state index contributed by atoms with van der Waals surface area (Å²) in [5.74, 6) is 0.0185. The van der Waals surface area contributed by atoms with Gasteiger partial charge in [0.1, 0.15) is 0 Å². The zero-order chi connectivity index (χ0) is 16.2. The maximum absolute atomic E-state index is 12.3. The van der Waals surface area contributed by atoms with Gasteiger partial charge in [0.2, 0.25) is 5.91 Å². The van der Waals surface area contributed by atoms with Gasteiger partial charge in [0.05, 0.1) is 12.6 Å². The van der Waals surface area contributed by atoms with Gasteiger partial charge < -0.3 is 5.32 Å². The minimum atomic E-state index is -3.51. The first-order valence-corrected chi connectivity index (χ1v) is 8.93. The molecular formula is C13H23N5O3S. The maximum atomic E-state index is 12.3. The van der Waals surface area contributed by atoms with E-state index in [9.17, 15) is 13.2 Å². The summed E-state index contributed by atoms with van der Waals surface area (Å²) in [7, 11) is -2.02. The van der Waals surface area contributed by atoms with Gasteiger partial charge in [-0.1, -0.05) is 0 Å². The molecule has 9 heteroatoms. The van der Waals surface area contributed by atoms with Crippen molar-refractivity contribution in [1.29, 1.82) is 5.26 Å². The number of amides is 1. The number of piperazine rings is 1. The first-order valence-electron chi connectivity index (χ1n) is 7.53. The van der Waals surface area contributed by atoms with Crippen molar-refractivity contribution < 1.29 is 13.2 Å². The Morgan fingerprint density at radius 3 is 2.50 bits per heavy atom. The summed E-state index contributed by atoms with van der Waals surface area (Å²) in [5, 5.41) is 11.5. The van der Waals surface area contributed by atoms with E-state index >= 15 is 0 Å². The molecule has 22 heavy (non-hydrogen) atoms. The number of nitrogens with zero attached hydrogens (tertiary/aromatic N) is 4. The van der Waals surface area contributed by atoms with Gasteiger partial charge in [-0.25, -0.2) is 0 Å². The summed E-state index contributed by atoms with van der Waals surface area (Å²) >= 11 is 0. The topological polar surface area (TPSA) is 96.8 Å². The van der Waals surface area contributed by atoms with Crippen molar-refractivity contribution in [2.45, 2.75) is 25.3 Å². The van der Waals surface area contributed by atoms with Gasteiger partial charge in [-0.3, -0.25) is 9.69 Å². The van der Waals surface area contributed by atoms with E-state index in [0.717, 1.165) is 12.8 Å². The molecule has 0 aromatic carbocycles. The van der Waals surface area contributed by atoms with Crippen molar-refractivity contribution in [3.8, 4) is 6.07 Å². The van der Waals surface area contributed by atoms with Crippen LogP contribution in [0.5, 0.6) is 0 Å². The zero-order valence-corrected chi connectivity index (χ0v) is 13.7. The van der Waals surface area contributed by atoms with Gasteiger partial charge in [0.15, 0.2) is 0 Å². The van der Waals surface area contributed by atoms with Gasteiger partial charge in [-0.15, -0.1) is 0 Å². The van der Waals surface area contributed by atoms with Crippen LogP contribution < -0.4 is 5.32 Å². The van der Waals surface area contributed by atoms with Crippen LogP contribution in [-0.4, -0.2) is 80.2 Å². The third-order valence-electron chi connectivity index (χ3n) is 3.90.